The van der Waals surface area contributed by atoms with Crippen molar-refractivity contribution >= 4 is 0 Å². The molecule has 0 bridgehead atoms. The summed E-state index contributed by atoms with van der Waals surface area (Å²) in [5.74, 6) is 2.51. The van der Waals surface area contributed by atoms with Crippen LogP contribution in [0.15, 0.2) is 24.3 Å². The van der Waals surface area contributed by atoms with Crippen molar-refractivity contribution < 1.29 is 0 Å². The third-order valence-electron chi connectivity index (χ3n) is 5.27. The highest BCUT2D eigenvalue weighted by atomic mass is 14.7. The zero-order chi connectivity index (χ0) is 14.5. The summed E-state index contributed by atoms with van der Waals surface area (Å²) in [6, 6.07) is 9.36. The lowest BCUT2D eigenvalue weighted by molar-refractivity contribution is 0.202. The maximum absolute atomic E-state index is 6.47. The van der Waals surface area contributed by atoms with Crippen molar-refractivity contribution in [3.8, 4) is 0 Å². The Hall–Kier alpha value is -0.820. The van der Waals surface area contributed by atoms with Crippen molar-refractivity contribution in [1.82, 2.24) is 0 Å². The Labute approximate surface area is 125 Å². The van der Waals surface area contributed by atoms with Gasteiger partial charge in [0, 0.05) is 6.04 Å². The van der Waals surface area contributed by atoms with E-state index in [0.29, 0.717) is 6.04 Å². The van der Waals surface area contributed by atoms with Crippen LogP contribution in [0.25, 0.3) is 0 Å². The van der Waals surface area contributed by atoms with Gasteiger partial charge >= 0.3 is 0 Å². The van der Waals surface area contributed by atoms with Gasteiger partial charge in [0.05, 0.1) is 0 Å². The molecule has 1 heteroatoms. The van der Waals surface area contributed by atoms with Crippen molar-refractivity contribution in [1.29, 1.82) is 0 Å². The maximum atomic E-state index is 6.47. The predicted molar refractivity (Wildman–Crippen MR) is 87.8 cm³/mol. The first-order chi connectivity index (χ1) is 9.60. The van der Waals surface area contributed by atoms with Crippen LogP contribution >= 0.6 is 0 Å². The van der Waals surface area contributed by atoms with E-state index in [1.54, 1.807) is 0 Å². The van der Waals surface area contributed by atoms with Crippen LogP contribution < -0.4 is 5.73 Å². The molecule has 20 heavy (non-hydrogen) atoms. The molecule has 2 N–H and O–H groups in total. The number of aryl methyl sites for hydroxylation is 1. The molecule has 0 spiro atoms. The lowest BCUT2D eigenvalue weighted by Gasteiger charge is -2.34. The van der Waals surface area contributed by atoms with Crippen LogP contribution in [-0.4, -0.2) is 6.04 Å². The zero-order valence-electron chi connectivity index (χ0n) is 13.4. The molecule has 1 aromatic carbocycles. The fourth-order valence-electron chi connectivity index (χ4n) is 3.59. The van der Waals surface area contributed by atoms with Crippen LogP contribution in [0.1, 0.15) is 57.6 Å². The minimum atomic E-state index is 0.343. The average Bonchev–Trinajstić information content (AvgIpc) is 2.48. The Morgan fingerprint density at radius 3 is 1.95 bits per heavy atom. The number of hydrogen-bond donors (Lipinski definition) is 1. The summed E-state index contributed by atoms with van der Waals surface area (Å²) in [4.78, 5) is 0. The third kappa shape index (κ3) is 4.09. The van der Waals surface area contributed by atoms with Crippen LogP contribution in [0.3, 0.4) is 0 Å². The highest BCUT2D eigenvalue weighted by Crippen LogP contribution is 2.34. The van der Waals surface area contributed by atoms with Gasteiger partial charge in [-0.1, -0.05) is 45.0 Å². The fraction of sp³-hybridized carbons (Fsp3) is 0.684. The summed E-state index contributed by atoms with van der Waals surface area (Å²) < 4.78 is 0. The molecule has 0 radical (unpaired) electrons. The van der Waals surface area contributed by atoms with Crippen LogP contribution in [0, 0.1) is 17.8 Å². The van der Waals surface area contributed by atoms with Crippen LogP contribution in [-0.2, 0) is 12.8 Å². The van der Waals surface area contributed by atoms with E-state index in [9.17, 15) is 0 Å². The minimum Gasteiger partial charge on any atom is -0.327 e. The Bertz CT molecular complexity index is 385. The van der Waals surface area contributed by atoms with Gasteiger partial charge in [-0.05, 0) is 67.4 Å². The molecule has 0 saturated heterocycles. The number of rotatable bonds is 5. The molecule has 1 aliphatic carbocycles. The van der Waals surface area contributed by atoms with E-state index < -0.39 is 0 Å². The molecule has 0 heterocycles. The van der Waals surface area contributed by atoms with E-state index in [4.69, 9.17) is 5.73 Å². The zero-order valence-corrected chi connectivity index (χ0v) is 13.4. The monoisotopic (exact) mass is 273 g/mol. The van der Waals surface area contributed by atoms with Gasteiger partial charge in [0.15, 0.2) is 0 Å². The van der Waals surface area contributed by atoms with Crippen molar-refractivity contribution in [3.05, 3.63) is 35.4 Å². The number of benzene rings is 1. The lowest BCUT2D eigenvalue weighted by Crippen LogP contribution is -2.35. The summed E-state index contributed by atoms with van der Waals surface area (Å²) in [5, 5.41) is 0. The highest BCUT2D eigenvalue weighted by molar-refractivity contribution is 5.23. The Morgan fingerprint density at radius 1 is 0.950 bits per heavy atom. The van der Waals surface area contributed by atoms with Crippen molar-refractivity contribution in [3.63, 3.8) is 0 Å². The van der Waals surface area contributed by atoms with Gasteiger partial charge in [-0.2, -0.15) is 0 Å². The summed E-state index contributed by atoms with van der Waals surface area (Å²) in [6.07, 6.45) is 7.58. The molecule has 1 fully saturated rings. The maximum Gasteiger partial charge on any atom is 0.0108 e. The summed E-state index contributed by atoms with van der Waals surface area (Å²) in [5.41, 5.74) is 9.29. The smallest absolute Gasteiger partial charge is 0.0108 e. The largest absolute Gasteiger partial charge is 0.327 e. The van der Waals surface area contributed by atoms with E-state index in [1.165, 1.54) is 36.8 Å². The first-order valence-corrected chi connectivity index (χ1v) is 8.43. The molecule has 112 valence electrons. The van der Waals surface area contributed by atoms with Crippen LogP contribution in [0.2, 0.25) is 0 Å². The molecule has 1 unspecified atom stereocenters. The van der Waals surface area contributed by atoms with Crippen LogP contribution in [0.5, 0.6) is 0 Å². The molecule has 1 saturated carbocycles. The molecule has 0 amide bonds. The topological polar surface area (TPSA) is 26.0 Å². The molecule has 0 aromatic heterocycles. The van der Waals surface area contributed by atoms with Gasteiger partial charge in [0.2, 0.25) is 0 Å². The Balaban J connectivity index is 1.84. The summed E-state index contributed by atoms with van der Waals surface area (Å²) >= 11 is 0. The average molecular weight is 273 g/mol. The fourth-order valence-corrected chi connectivity index (χ4v) is 3.59. The molecular formula is C19H31N. The van der Waals surface area contributed by atoms with Gasteiger partial charge < -0.3 is 5.73 Å². The lowest BCUT2D eigenvalue weighted by atomic mass is 9.74. The second-order valence-corrected chi connectivity index (χ2v) is 6.96. The van der Waals surface area contributed by atoms with E-state index >= 15 is 0 Å². The molecule has 1 nitrogen and oxygen atoms in total. The molecule has 1 atom stereocenters. The number of nitrogens with two attached hydrogens (primary N) is 1. The first-order valence-electron chi connectivity index (χ1n) is 8.43. The second-order valence-electron chi connectivity index (χ2n) is 6.96. The van der Waals surface area contributed by atoms with Crippen molar-refractivity contribution in [2.75, 3.05) is 0 Å². The van der Waals surface area contributed by atoms with Crippen LogP contribution in [0.4, 0.5) is 0 Å². The van der Waals surface area contributed by atoms with Gasteiger partial charge in [-0.3, -0.25) is 0 Å². The Morgan fingerprint density at radius 2 is 1.45 bits per heavy atom. The Kier molecular flexibility index (Phi) is 5.65. The van der Waals surface area contributed by atoms with E-state index in [2.05, 4.69) is 45.0 Å². The molecule has 0 aliphatic heterocycles. The number of hydrogen-bond acceptors (Lipinski definition) is 1. The minimum absolute atomic E-state index is 0.343. The predicted octanol–water partition coefficient (Wildman–Crippen LogP) is 4.58. The standard InChI is InChI=1S/C19H31N/c1-4-15-5-7-16(8-6-15)13-19(20)18-11-9-17(10-12-18)14(2)3/h5-8,14,17-19H,4,9-13,20H2,1-3H3. The molecule has 2 rings (SSSR count). The first kappa shape index (κ1) is 15.6. The van der Waals surface area contributed by atoms with Gasteiger partial charge in [0.1, 0.15) is 0 Å². The quantitative estimate of drug-likeness (QED) is 0.835. The molecule has 1 aliphatic rings. The van der Waals surface area contributed by atoms with Crippen molar-refractivity contribution in [2.45, 2.75) is 65.3 Å². The van der Waals surface area contributed by atoms with E-state index in [0.717, 1.165) is 30.6 Å². The molecule has 1 aromatic rings. The van der Waals surface area contributed by atoms with Gasteiger partial charge in [-0.25, -0.2) is 0 Å². The van der Waals surface area contributed by atoms with Gasteiger partial charge in [0.25, 0.3) is 0 Å². The molecular weight excluding hydrogens is 242 g/mol. The third-order valence-corrected chi connectivity index (χ3v) is 5.27. The SMILES string of the molecule is CCc1ccc(CC(N)C2CCC(C(C)C)CC2)cc1. The summed E-state index contributed by atoms with van der Waals surface area (Å²) in [6.45, 7) is 6.92. The van der Waals surface area contributed by atoms with Gasteiger partial charge in [-0.15, -0.1) is 0 Å². The normalized spacial score (nSPS) is 24.9. The highest BCUT2D eigenvalue weighted by Gasteiger charge is 2.26. The second kappa shape index (κ2) is 7.26. The van der Waals surface area contributed by atoms with E-state index in [-0.39, 0.29) is 0 Å². The van der Waals surface area contributed by atoms with Crippen molar-refractivity contribution in [2.24, 2.45) is 23.5 Å². The van der Waals surface area contributed by atoms with E-state index in [1.807, 2.05) is 0 Å². The summed E-state index contributed by atoms with van der Waals surface area (Å²) in [7, 11) is 0.